The maximum absolute atomic E-state index is 11.0. The van der Waals surface area contributed by atoms with Crippen molar-refractivity contribution in [2.75, 3.05) is 0 Å². The minimum atomic E-state index is -0.292. The van der Waals surface area contributed by atoms with Crippen LogP contribution in [0.4, 0.5) is 0 Å². The van der Waals surface area contributed by atoms with Gasteiger partial charge in [-0.1, -0.05) is 0 Å². The van der Waals surface area contributed by atoms with Crippen molar-refractivity contribution in [1.29, 1.82) is 0 Å². The van der Waals surface area contributed by atoms with E-state index in [4.69, 9.17) is 4.42 Å². The fourth-order valence-electron chi connectivity index (χ4n) is 1.65. The van der Waals surface area contributed by atoms with Gasteiger partial charge in [0, 0.05) is 11.5 Å². The van der Waals surface area contributed by atoms with Crippen molar-refractivity contribution < 1.29 is 4.42 Å². The molecular formula is C12H12O2. The van der Waals surface area contributed by atoms with Gasteiger partial charge in [0.25, 0.3) is 0 Å². The Kier molecular flexibility index (Phi) is 1.92. The Morgan fingerprint density at radius 1 is 1.07 bits per heavy atom. The minimum Gasteiger partial charge on any atom is -0.423 e. The lowest BCUT2D eigenvalue weighted by Gasteiger charge is -2.07. The van der Waals surface area contributed by atoms with Crippen molar-refractivity contribution in [1.82, 2.24) is 0 Å². The van der Waals surface area contributed by atoms with Crippen molar-refractivity contribution >= 4 is 11.0 Å². The molecule has 0 bridgehead atoms. The first-order valence-electron chi connectivity index (χ1n) is 4.60. The zero-order chi connectivity index (χ0) is 10.3. The quantitative estimate of drug-likeness (QED) is 0.595. The second kappa shape index (κ2) is 2.98. The van der Waals surface area contributed by atoms with Crippen molar-refractivity contribution in [3.63, 3.8) is 0 Å². The molecule has 1 heterocycles. The van der Waals surface area contributed by atoms with Crippen LogP contribution in [-0.4, -0.2) is 0 Å². The maximum Gasteiger partial charge on any atom is 0.336 e. The number of fused-ring (bicyclic) bond motifs is 1. The van der Waals surface area contributed by atoms with Gasteiger partial charge in [0.2, 0.25) is 0 Å². The van der Waals surface area contributed by atoms with Crippen LogP contribution in [0.1, 0.15) is 16.7 Å². The molecule has 0 atom stereocenters. The molecule has 2 nitrogen and oxygen atoms in total. The van der Waals surface area contributed by atoms with Gasteiger partial charge in [0.05, 0.1) is 0 Å². The first-order valence-corrected chi connectivity index (χ1v) is 4.60. The average Bonchev–Trinajstić information content (AvgIpc) is 2.14. The molecule has 0 aliphatic carbocycles. The van der Waals surface area contributed by atoms with Gasteiger partial charge < -0.3 is 4.42 Å². The predicted molar refractivity (Wildman–Crippen MR) is 56.7 cm³/mol. The van der Waals surface area contributed by atoms with Gasteiger partial charge in [-0.2, -0.15) is 0 Å². The molecule has 0 spiro atoms. The number of aryl methyl sites for hydroxylation is 2. The van der Waals surface area contributed by atoms with E-state index in [-0.39, 0.29) is 5.63 Å². The zero-order valence-electron chi connectivity index (χ0n) is 8.55. The highest BCUT2D eigenvalue weighted by Gasteiger charge is 2.05. The smallest absolute Gasteiger partial charge is 0.336 e. The molecular weight excluding hydrogens is 176 g/mol. The van der Waals surface area contributed by atoms with Crippen LogP contribution < -0.4 is 5.63 Å². The van der Waals surface area contributed by atoms with E-state index in [2.05, 4.69) is 6.92 Å². The summed E-state index contributed by atoms with van der Waals surface area (Å²) in [4.78, 5) is 11.0. The van der Waals surface area contributed by atoms with Crippen LogP contribution in [0, 0.1) is 20.8 Å². The minimum absolute atomic E-state index is 0.292. The first kappa shape index (κ1) is 9.00. The van der Waals surface area contributed by atoms with Crippen molar-refractivity contribution in [3.8, 4) is 0 Å². The summed E-state index contributed by atoms with van der Waals surface area (Å²) < 4.78 is 5.12. The van der Waals surface area contributed by atoms with Crippen LogP contribution in [-0.2, 0) is 0 Å². The molecule has 0 fully saturated rings. The molecule has 0 N–H and O–H groups in total. The van der Waals surface area contributed by atoms with Crippen LogP contribution >= 0.6 is 0 Å². The molecule has 1 aromatic carbocycles. The summed E-state index contributed by atoms with van der Waals surface area (Å²) in [6, 6.07) is 5.20. The van der Waals surface area contributed by atoms with Gasteiger partial charge in [-0.25, -0.2) is 4.79 Å². The molecule has 2 rings (SSSR count). The van der Waals surface area contributed by atoms with Gasteiger partial charge in [-0.15, -0.1) is 0 Å². The Morgan fingerprint density at radius 2 is 1.79 bits per heavy atom. The van der Waals surface area contributed by atoms with Crippen LogP contribution in [0.25, 0.3) is 11.0 Å². The van der Waals surface area contributed by atoms with E-state index in [0.29, 0.717) is 5.58 Å². The Hall–Kier alpha value is -1.57. The fourth-order valence-corrected chi connectivity index (χ4v) is 1.65. The first-order chi connectivity index (χ1) is 6.59. The molecule has 0 radical (unpaired) electrons. The van der Waals surface area contributed by atoms with Crippen LogP contribution in [0.15, 0.2) is 27.4 Å². The Bertz CT molecular complexity index is 550. The zero-order valence-corrected chi connectivity index (χ0v) is 8.55. The van der Waals surface area contributed by atoms with E-state index < -0.39 is 0 Å². The largest absolute Gasteiger partial charge is 0.423 e. The molecule has 0 amide bonds. The number of hydrogen-bond donors (Lipinski definition) is 0. The van der Waals surface area contributed by atoms with Gasteiger partial charge >= 0.3 is 5.63 Å². The van der Waals surface area contributed by atoms with E-state index in [0.717, 1.165) is 10.9 Å². The van der Waals surface area contributed by atoms with Crippen LogP contribution in [0.3, 0.4) is 0 Å². The third-order valence-electron chi connectivity index (χ3n) is 2.77. The molecule has 0 saturated carbocycles. The monoisotopic (exact) mass is 188 g/mol. The molecule has 14 heavy (non-hydrogen) atoms. The summed E-state index contributed by atoms with van der Waals surface area (Å²) in [6.45, 7) is 6.15. The third-order valence-corrected chi connectivity index (χ3v) is 2.77. The Labute approximate surface area is 82.2 Å². The Morgan fingerprint density at radius 3 is 2.50 bits per heavy atom. The van der Waals surface area contributed by atoms with Gasteiger partial charge in [-0.05, 0) is 49.6 Å². The van der Waals surface area contributed by atoms with E-state index >= 15 is 0 Å². The summed E-state index contributed by atoms with van der Waals surface area (Å²) >= 11 is 0. The number of rotatable bonds is 0. The van der Waals surface area contributed by atoms with E-state index in [9.17, 15) is 4.79 Å². The molecule has 0 unspecified atom stereocenters. The lowest BCUT2D eigenvalue weighted by molar-refractivity contribution is 0.560. The van der Waals surface area contributed by atoms with Gasteiger partial charge in [-0.3, -0.25) is 0 Å². The van der Waals surface area contributed by atoms with E-state index in [1.165, 1.54) is 17.2 Å². The molecule has 2 heteroatoms. The van der Waals surface area contributed by atoms with Crippen LogP contribution in [0.5, 0.6) is 0 Å². The molecule has 0 aliphatic heterocycles. The van der Waals surface area contributed by atoms with Crippen molar-refractivity contribution in [3.05, 3.63) is 45.3 Å². The molecule has 72 valence electrons. The summed E-state index contributed by atoms with van der Waals surface area (Å²) in [7, 11) is 0. The maximum atomic E-state index is 11.0. The third kappa shape index (κ3) is 1.23. The topological polar surface area (TPSA) is 30.2 Å². The lowest BCUT2D eigenvalue weighted by atomic mass is 10.0. The van der Waals surface area contributed by atoms with E-state index in [1.54, 1.807) is 0 Å². The molecule has 1 aromatic heterocycles. The predicted octanol–water partition coefficient (Wildman–Crippen LogP) is 2.72. The van der Waals surface area contributed by atoms with Gasteiger partial charge in [0.15, 0.2) is 0 Å². The fraction of sp³-hybridized carbons (Fsp3) is 0.250. The summed E-state index contributed by atoms with van der Waals surface area (Å²) in [6.07, 6.45) is 0. The van der Waals surface area contributed by atoms with Crippen molar-refractivity contribution in [2.24, 2.45) is 0 Å². The number of benzene rings is 1. The van der Waals surface area contributed by atoms with Crippen molar-refractivity contribution in [2.45, 2.75) is 20.8 Å². The average molecular weight is 188 g/mol. The van der Waals surface area contributed by atoms with Crippen LogP contribution in [0.2, 0.25) is 0 Å². The SMILES string of the molecule is Cc1cc2oc(=O)ccc2c(C)c1C. The standard InChI is InChI=1S/C12H12O2/c1-7-6-11-10(9(3)8(7)2)4-5-12(13)14-11/h4-6H,1-3H3. The van der Waals surface area contributed by atoms with E-state index in [1.807, 2.05) is 26.0 Å². The molecule has 0 aliphatic rings. The highest BCUT2D eigenvalue weighted by Crippen LogP contribution is 2.22. The normalized spacial score (nSPS) is 10.8. The second-order valence-corrected chi connectivity index (χ2v) is 3.61. The Balaban J connectivity index is 2.98. The number of hydrogen-bond acceptors (Lipinski definition) is 2. The lowest BCUT2D eigenvalue weighted by Crippen LogP contribution is -1.97. The highest BCUT2D eigenvalue weighted by molar-refractivity contribution is 5.82. The second-order valence-electron chi connectivity index (χ2n) is 3.61. The molecule has 2 aromatic rings. The summed E-state index contributed by atoms with van der Waals surface area (Å²) in [5.41, 5.74) is 3.98. The summed E-state index contributed by atoms with van der Waals surface area (Å²) in [5.74, 6) is 0. The molecule has 0 saturated heterocycles. The summed E-state index contributed by atoms with van der Waals surface area (Å²) in [5, 5.41) is 1.02. The van der Waals surface area contributed by atoms with Gasteiger partial charge in [0.1, 0.15) is 5.58 Å². The highest BCUT2D eigenvalue weighted by atomic mass is 16.4.